The average molecular weight is 361 g/mol. The molecule has 0 fully saturated rings. The molecule has 8 heteroatoms. The number of anilines is 3. The van der Waals surface area contributed by atoms with Crippen LogP contribution in [-0.4, -0.2) is 26.7 Å². The SMILES string of the molecule is Cc1cc(C#N)nnc1N1CCc2ncc(Nc3ccncc3F)cc2C1. The van der Waals surface area contributed by atoms with Crippen molar-refractivity contribution < 1.29 is 4.39 Å². The second-order valence-electron chi connectivity index (χ2n) is 6.33. The van der Waals surface area contributed by atoms with Gasteiger partial charge in [0.25, 0.3) is 0 Å². The van der Waals surface area contributed by atoms with Gasteiger partial charge in [0.1, 0.15) is 6.07 Å². The van der Waals surface area contributed by atoms with Crippen LogP contribution in [0.2, 0.25) is 0 Å². The Balaban J connectivity index is 1.59. The van der Waals surface area contributed by atoms with Crippen LogP contribution in [0.3, 0.4) is 0 Å². The van der Waals surface area contributed by atoms with Gasteiger partial charge in [0.2, 0.25) is 0 Å². The summed E-state index contributed by atoms with van der Waals surface area (Å²) in [6.07, 6.45) is 5.19. The number of aromatic nitrogens is 4. The van der Waals surface area contributed by atoms with Crippen molar-refractivity contribution in [3.05, 3.63) is 65.1 Å². The molecular weight excluding hydrogens is 345 g/mol. The van der Waals surface area contributed by atoms with Gasteiger partial charge in [0.15, 0.2) is 17.3 Å². The van der Waals surface area contributed by atoms with Gasteiger partial charge in [-0.15, -0.1) is 10.2 Å². The molecule has 4 rings (SSSR count). The Morgan fingerprint density at radius 3 is 2.93 bits per heavy atom. The molecular formula is C19H16FN7. The Bertz CT molecular complexity index is 1040. The van der Waals surface area contributed by atoms with E-state index in [1.165, 1.54) is 12.4 Å². The molecule has 1 N–H and O–H groups in total. The van der Waals surface area contributed by atoms with Crippen LogP contribution >= 0.6 is 0 Å². The number of fused-ring (bicyclic) bond motifs is 1. The number of nitrogens with zero attached hydrogens (tertiary/aromatic N) is 6. The highest BCUT2D eigenvalue weighted by atomic mass is 19.1. The standard InChI is InChI=1S/C19H16FN7/c1-12-6-14(8-21)25-26-19(12)27-5-3-17-13(11-27)7-15(9-23-17)24-18-2-4-22-10-16(18)20/h2,4,6-7,9-10H,3,5,11H2,1H3,(H,22,24). The maximum atomic E-state index is 13.8. The minimum Gasteiger partial charge on any atom is -0.352 e. The summed E-state index contributed by atoms with van der Waals surface area (Å²) in [6.45, 7) is 3.31. The Kier molecular flexibility index (Phi) is 4.34. The lowest BCUT2D eigenvalue weighted by molar-refractivity contribution is 0.625. The van der Waals surface area contributed by atoms with E-state index in [9.17, 15) is 4.39 Å². The lowest BCUT2D eigenvalue weighted by atomic mass is 10.0. The molecule has 1 aliphatic rings. The van der Waals surface area contributed by atoms with Crippen molar-refractivity contribution in [2.24, 2.45) is 0 Å². The van der Waals surface area contributed by atoms with Crippen molar-refractivity contribution in [1.82, 2.24) is 20.2 Å². The van der Waals surface area contributed by atoms with Crippen LogP contribution < -0.4 is 10.2 Å². The first-order valence-corrected chi connectivity index (χ1v) is 8.48. The molecule has 0 bridgehead atoms. The normalized spacial score (nSPS) is 13.0. The van der Waals surface area contributed by atoms with E-state index in [-0.39, 0.29) is 0 Å². The van der Waals surface area contributed by atoms with Gasteiger partial charge in [-0.05, 0) is 36.2 Å². The molecule has 0 aliphatic carbocycles. The molecule has 3 aromatic rings. The van der Waals surface area contributed by atoms with Gasteiger partial charge in [0, 0.05) is 31.4 Å². The monoisotopic (exact) mass is 361 g/mol. The summed E-state index contributed by atoms with van der Waals surface area (Å²) < 4.78 is 13.8. The Morgan fingerprint density at radius 2 is 2.15 bits per heavy atom. The number of halogens is 1. The molecule has 0 saturated carbocycles. The predicted octanol–water partition coefficient (Wildman–Crippen LogP) is 2.89. The minimum absolute atomic E-state index is 0.307. The molecule has 4 heterocycles. The first-order chi connectivity index (χ1) is 13.1. The molecule has 0 atom stereocenters. The van der Waals surface area contributed by atoms with Crippen LogP contribution in [0.25, 0.3) is 0 Å². The molecule has 134 valence electrons. The molecule has 3 aromatic heterocycles. The Hall–Kier alpha value is -3.60. The maximum Gasteiger partial charge on any atom is 0.164 e. The van der Waals surface area contributed by atoms with E-state index >= 15 is 0 Å². The van der Waals surface area contributed by atoms with Crippen LogP contribution in [0.4, 0.5) is 21.6 Å². The summed E-state index contributed by atoms with van der Waals surface area (Å²) in [5.41, 5.74) is 4.35. The number of hydrogen-bond acceptors (Lipinski definition) is 7. The topological polar surface area (TPSA) is 90.6 Å². The largest absolute Gasteiger partial charge is 0.352 e. The van der Waals surface area contributed by atoms with E-state index in [4.69, 9.17) is 5.26 Å². The fourth-order valence-electron chi connectivity index (χ4n) is 3.15. The second-order valence-corrected chi connectivity index (χ2v) is 6.33. The third kappa shape index (κ3) is 3.40. The maximum absolute atomic E-state index is 13.8. The van der Waals surface area contributed by atoms with E-state index in [2.05, 4.69) is 30.4 Å². The third-order valence-corrected chi connectivity index (χ3v) is 4.46. The van der Waals surface area contributed by atoms with Crippen LogP contribution in [-0.2, 0) is 13.0 Å². The van der Waals surface area contributed by atoms with E-state index in [1.807, 2.05) is 19.1 Å². The fourth-order valence-corrected chi connectivity index (χ4v) is 3.15. The van der Waals surface area contributed by atoms with Gasteiger partial charge in [-0.1, -0.05) is 0 Å². The van der Waals surface area contributed by atoms with E-state index in [0.29, 0.717) is 23.6 Å². The average Bonchev–Trinajstić information content (AvgIpc) is 2.69. The lowest BCUT2D eigenvalue weighted by Gasteiger charge is -2.30. The molecule has 1 aliphatic heterocycles. The van der Waals surface area contributed by atoms with Crippen molar-refractivity contribution >= 4 is 17.2 Å². The van der Waals surface area contributed by atoms with Crippen molar-refractivity contribution in [1.29, 1.82) is 5.26 Å². The van der Waals surface area contributed by atoms with E-state index in [1.54, 1.807) is 18.3 Å². The number of nitriles is 1. The van der Waals surface area contributed by atoms with Crippen LogP contribution in [0.5, 0.6) is 0 Å². The number of hydrogen-bond donors (Lipinski definition) is 1. The van der Waals surface area contributed by atoms with Gasteiger partial charge < -0.3 is 10.2 Å². The highest BCUT2D eigenvalue weighted by molar-refractivity contribution is 5.60. The molecule has 0 unspecified atom stereocenters. The first kappa shape index (κ1) is 16.8. The number of pyridine rings is 2. The molecule has 0 spiro atoms. The molecule has 0 saturated heterocycles. The molecule has 0 aromatic carbocycles. The molecule has 0 radical (unpaired) electrons. The Labute approximate surface area is 155 Å². The van der Waals surface area contributed by atoms with Gasteiger partial charge in [-0.2, -0.15) is 5.26 Å². The van der Waals surface area contributed by atoms with E-state index < -0.39 is 5.82 Å². The summed E-state index contributed by atoms with van der Waals surface area (Å²) in [4.78, 5) is 10.4. The smallest absolute Gasteiger partial charge is 0.164 e. The molecule has 7 nitrogen and oxygen atoms in total. The highest BCUT2D eigenvalue weighted by Gasteiger charge is 2.21. The zero-order chi connectivity index (χ0) is 18.8. The summed E-state index contributed by atoms with van der Waals surface area (Å²) in [6, 6.07) is 7.29. The van der Waals surface area contributed by atoms with Crippen molar-refractivity contribution in [3.63, 3.8) is 0 Å². The summed E-state index contributed by atoms with van der Waals surface area (Å²) in [5.74, 6) is 0.346. The van der Waals surface area contributed by atoms with Gasteiger partial charge in [-0.25, -0.2) is 4.39 Å². The van der Waals surface area contributed by atoms with Crippen molar-refractivity contribution in [2.45, 2.75) is 19.9 Å². The quantitative estimate of drug-likeness (QED) is 0.767. The number of nitrogens with one attached hydrogen (secondary N) is 1. The number of rotatable bonds is 3. The molecule has 27 heavy (non-hydrogen) atoms. The van der Waals surface area contributed by atoms with Gasteiger partial charge in [-0.3, -0.25) is 9.97 Å². The number of aryl methyl sites for hydroxylation is 1. The minimum atomic E-state index is -0.416. The summed E-state index contributed by atoms with van der Waals surface area (Å²) in [5, 5.41) is 20.1. The van der Waals surface area contributed by atoms with Crippen molar-refractivity contribution in [3.8, 4) is 6.07 Å². The van der Waals surface area contributed by atoms with Gasteiger partial charge >= 0.3 is 0 Å². The zero-order valence-corrected chi connectivity index (χ0v) is 14.6. The first-order valence-electron chi connectivity index (χ1n) is 8.48. The van der Waals surface area contributed by atoms with Gasteiger partial charge in [0.05, 0.1) is 23.8 Å². The van der Waals surface area contributed by atoms with Crippen molar-refractivity contribution in [2.75, 3.05) is 16.8 Å². The van der Waals surface area contributed by atoms with Crippen LogP contribution in [0, 0.1) is 24.1 Å². The summed E-state index contributed by atoms with van der Waals surface area (Å²) >= 11 is 0. The fraction of sp³-hybridized carbons (Fsp3) is 0.211. The second kappa shape index (κ2) is 6.96. The zero-order valence-electron chi connectivity index (χ0n) is 14.6. The van der Waals surface area contributed by atoms with Crippen LogP contribution in [0.1, 0.15) is 22.5 Å². The lowest BCUT2D eigenvalue weighted by Crippen LogP contribution is -2.32. The molecule has 0 amide bonds. The third-order valence-electron chi connectivity index (χ3n) is 4.46. The van der Waals surface area contributed by atoms with E-state index in [0.717, 1.165) is 35.6 Å². The van der Waals surface area contributed by atoms with Crippen LogP contribution in [0.15, 0.2) is 36.8 Å². The summed E-state index contributed by atoms with van der Waals surface area (Å²) in [7, 11) is 0. The predicted molar refractivity (Wildman–Crippen MR) is 98.0 cm³/mol. The Morgan fingerprint density at radius 1 is 1.26 bits per heavy atom. The highest BCUT2D eigenvalue weighted by Crippen LogP contribution is 2.27.